The van der Waals surface area contributed by atoms with Gasteiger partial charge in [0.05, 0.1) is 13.3 Å². The van der Waals surface area contributed by atoms with Crippen LogP contribution in [0.2, 0.25) is 0 Å². The Labute approximate surface area is 90.5 Å². The average molecular weight is 207 g/mol. The van der Waals surface area contributed by atoms with E-state index in [2.05, 4.69) is 4.98 Å². The fraction of sp³-hybridized carbons (Fsp3) is 0.500. The van der Waals surface area contributed by atoms with E-state index in [0.29, 0.717) is 12.2 Å². The Morgan fingerprint density at radius 3 is 2.60 bits per heavy atom. The van der Waals surface area contributed by atoms with Gasteiger partial charge in [-0.3, -0.25) is 9.78 Å². The van der Waals surface area contributed by atoms with Gasteiger partial charge in [-0.2, -0.15) is 0 Å². The Morgan fingerprint density at radius 1 is 1.40 bits per heavy atom. The Morgan fingerprint density at radius 2 is 2.07 bits per heavy atom. The van der Waals surface area contributed by atoms with Crippen molar-refractivity contribution in [1.29, 1.82) is 0 Å². The topological polar surface area (TPSA) is 39.2 Å². The van der Waals surface area contributed by atoms with Gasteiger partial charge in [0.15, 0.2) is 0 Å². The molecule has 3 nitrogen and oxygen atoms in total. The van der Waals surface area contributed by atoms with Crippen LogP contribution in [0.25, 0.3) is 0 Å². The maximum atomic E-state index is 11.8. The standard InChI is InChI=1S/C12H17NO2/c1-12(2,3)11(14)6-9-5-10(15-4)8-13-7-9/h5,7-8H,6H2,1-4H3. The molecular formula is C12H17NO2. The van der Waals surface area contributed by atoms with Crippen molar-refractivity contribution in [2.75, 3.05) is 7.11 Å². The van der Waals surface area contributed by atoms with Crippen molar-refractivity contribution >= 4 is 5.78 Å². The first kappa shape index (κ1) is 11.7. The second-order valence-electron chi connectivity index (χ2n) is 4.58. The van der Waals surface area contributed by atoms with Gasteiger partial charge in [-0.25, -0.2) is 0 Å². The number of methoxy groups -OCH3 is 1. The Hall–Kier alpha value is -1.38. The van der Waals surface area contributed by atoms with Crippen LogP contribution in [0.15, 0.2) is 18.5 Å². The molecule has 0 aliphatic carbocycles. The first-order chi connectivity index (χ1) is 6.93. The fourth-order valence-electron chi connectivity index (χ4n) is 1.12. The third-order valence-electron chi connectivity index (χ3n) is 2.21. The zero-order chi connectivity index (χ0) is 11.5. The van der Waals surface area contributed by atoms with E-state index < -0.39 is 0 Å². The van der Waals surface area contributed by atoms with Gasteiger partial charge < -0.3 is 4.74 Å². The summed E-state index contributed by atoms with van der Waals surface area (Å²) in [4.78, 5) is 15.8. The average Bonchev–Trinajstić information content (AvgIpc) is 2.16. The fourth-order valence-corrected chi connectivity index (χ4v) is 1.12. The number of rotatable bonds is 3. The molecule has 1 aromatic heterocycles. The van der Waals surface area contributed by atoms with E-state index in [0.717, 1.165) is 5.56 Å². The summed E-state index contributed by atoms with van der Waals surface area (Å²) >= 11 is 0. The number of nitrogens with zero attached hydrogens (tertiary/aromatic N) is 1. The minimum absolute atomic E-state index is 0.206. The third-order valence-corrected chi connectivity index (χ3v) is 2.21. The lowest BCUT2D eigenvalue weighted by molar-refractivity contribution is -0.125. The third kappa shape index (κ3) is 3.35. The van der Waals surface area contributed by atoms with Crippen molar-refractivity contribution in [3.05, 3.63) is 24.0 Å². The van der Waals surface area contributed by atoms with Crippen LogP contribution in [-0.2, 0) is 11.2 Å². The summed E-state index contributed by atoms with van der Waals surface area (Å²) in [5.41, 5.74) is 0.595. The van der Waals surface area contributed by atoms with Crippen LogP contribution in [0.1, 0.15) is 26.3 Å². The molecule has 0 aliphatic heterocycles. The highest BCUT2D eigenvalue weighted by atomic mass is 16.5. The SMILES string of the molecule is COc1cncc(CC(=O)C(C)(C)C)c1. The first-order valence-corrected chi connectivity index (χ1v) is 4.94. The molecule has 1 heterocycles. The molecule has 0 fully saturated rings. The monoisotopic (exact) mass is 207 g/mol. The van der Waals surface area contributed by atoms with Crippen molar-refractivity contribution in [3.63, 3.8) is 0 Å². The summed E-state index contributed by atoms with van der Waals surface area (Å²) in [7, 11) is 1.59. The molecule has 1 aromatic rings. The molecule has 0 radical (unpaired) electrons. The second kappa shape index (κ2) is 4.43. The highest BCUT2D eigenvalue weighted by molar-refractivity contribution is 5.85. The number of ether oxygens (including phenoxy) is 1. The molecule has 3 heteroatoms. The van der Waals surface area contributed by atoms with E-state index in [1.54, 1.807) is 19.5 Å². The predicted molar refractivity (Wildman–Crippen MR) is 59.0 cm³/mol. The molecule has 0 saturated carbocycles. The number of Topliss-reactive ketones (excluding diaryl/α,β-unsaturated/α-hetero) is 1. The summed E-state index contributed by atoms with van der Waals surface area (Å²) in [5, 5.41) is 0. The first-order valence-electron chi connectivity index (χ1n) is 4.94. The van der Waals surface area contributed by atoms with Gasteiger partial charge in [-0.1, -0.05) is 20.8 Å². The summed E-state index contributed by atoms with van der Waals surface area (Å²) in [6.07, 6.45) is 3.74. The van der Waals surface area contributed by atoms with Crippen LogP contribution in [-0.4, -0.2) is 17.9 Å². The summed E-state index contributed by atoms with van der Waals surface area (Å²) in [5.74, 6) is 0.895. The predicted octanol–water partition coefficient (Wildman–Crippen LogP) is 2.25. The van der Waals surface area contributed by atoms with Crippen LogP contribution in [0, 0.1) is 5.41 Å². The van der Waals surface area contributed by atoms with Crippen molar-refractivity contribution < 1.29 is 9.53 Å². The smallest absolute Gasteiger partial charge is 0.142 e. The van der Waals surface area contributed by atoms with E-state index in [4.69, 9.17) is 4.74 Å². The zero-order valence-electron chi connectivity index (χ0n) is 9.70. The van der Waals surface area contributed by atoms with Crippen molar-refractivity contribution in [1.82, 2.24) is 4.98 Å². The van der Waals surface area contributed by atoms with Gasteiger partial charge >= 0.3 is 0 Å². The van der Waals surface area contributed by atoms with E-state index in [1.807, 2.05) is 26.8 Å². The molecule has 0 amide bonds. The molecular weight excluding hydrogens is 190 g/mol. The minimum Gasteiger partial charge on any atom is -0.495 e. The number of aromatic nitrogens is 1. The molecule has 0 spiro atoms. The number of ketones is 1. The molecule has 0 aliphatic rings. The number of carbonyl (C=O) groups is 1. The summed E-state index contributed by atoms with van der Waals surface area (Å²) < 4.78 is 5.05. The van der Waals surface area contributed by atoms with Gasteiger partial charge in [-0.15, -0.1) is 0 Å². The number of carbonyl (C=O) groups excluding carboxylic acids is 1. The molecule has 15 heavy (non-hydrogen) atoms. The van der Waals surface area contributed by atoms with Gasteiger partial charge in [0.2, 0.25) is 0 Å². The number of hydrogen-bond acceptors (Lipinski definition) is 3. The lowest BCUT2D eigenvalue weighted by Crippen LogP contribution is -2.22. The van der Waals surface area contributed by atoms with E-state index in [9.17, 15) is 4.79 Å². The van der Waals surface area contributed by atoms with E-state index in [1.165, 1.54) is 0 Å². The van der Waals surface area contributed by atoms with E-state index >= 15 is 0 Å². The largest absolute Gasteiger partial charge is 0.495 e. The molecule has 0 N–H and O–H groups in total. The quantitative estimate of drug-likeness (QED) is 0.763. The van der Waals surface area contributed by atoms with Gasteiger partial charge in [0, 0.05) is 18.0 Å². The lowest BCUT2D eigenvalue weighted by atomic mass is 9.87. The molecule has 1 rings (SSSR count). The van der Waals surface area contributed by atoms with Crippen molar-refractivity contribution in [3.8, 4) is 5.75 Å². The maximum absolute atomic E-state index is 11.8. The highest BCUT2D eigenvalue weighted by Gasteiger charge is 2.21. The Bertz CT molecular complexity index is 353. The summed E-state index contributed by atoms with van der Waals surface area (Å²) in [6.45, 7) is 5.76. The number of pyridine rings is 1. The summed E-state index contributed by atoms with van der Waals surface area (Å²) in [6, 6.07) is 1.84. The Kier molecular flexibility index (Phi) is 3.45. The molecule has 0 bridgehead atoms. The molecule has 82 valence electrons. The highest BCUT2D eigenvalue weighted by Crippen LogP contribution is 2.19. The van der Waals surface area contributed by atoms with Crippen LogP contribution in [0.4, 0.5) is 0 Å². The van der Waals surface area contributed by atoms with Crippen LogP contribution in [0.5, 0.6) is 5.75 Å². The second-order valence-corrected chi connectivity index (χ2v) is 4.58. The normalized spacial score (nSPS) is 11.2. The van der Waals surface area contributed by atoms with E-state index in [-0.39, 0.29) is 11.2 Å². The molecule has 0 saturated heterocycles. The Balaban J connectivity index is 2.77. The van der Waals surface area contributed by atoms with Crippen LogP contribution in [0.3, 0.4) is 0 Å². The van der Waals surface area contributed by atoms with Gasteiger partial charge in [0.1, 0.15) is 11.5 Å². The number of hydrogen-bond donors (Lipinski definition) is 0. The lowest BCUT2D eigenvalue weighted by Gasteiger charge is -2.16. The molecule has 0 unspecified atom stereocenters. The molecule has 0 atom stereocenters. The molecule has 0 aromatic carbocycles. The zero-order valence-corrected chi connectivity index (χ0v) is 9.70. The van der Waals surface area contributed by atoms with Crippen molar-refractivity contribution in [2.45, 2.75) is 27.2 Å². The van der Waals surface area contributed by atoms with Crippen molar-refractivity contribution in [2.24, 2.45) is 5.41 Å². The van der Waals surface area contributed by atoms with Crippen LogP contribution < -0.4 is 4.74 Å². The van der Waals surface area contributed by atoms with Gasteiger partial charge in [0.25, 0.3) is 0 Å². The minimum atomic E-state index is -0.303. The van der Waals surface area contributed by atoms with Crippen LogP contribution >= 0.6 is 0 Å². The maximum Gasteiger partial charge on any atom is 0.142 e. The van der Waals surface area contributed by atoms with Gasteiger partial charge in [-0.05, 0) is 11.6 Å².